The highest BCUT2D eigenvalue weighted by Crippen LogP contribution is 2.29. The topological polar surface area (TPSA) is 179 Å². The molecule has 0 saturated carbocycles. The van der Waals surface area contributed by atoms with E-state index in [4.69, 9.17) is 24.1 Å². The predicted octanol–water partition coefficient (Wildman–Crippen LogP) is -4.74. The lowest BCUT2D eigenvalue weighted by Crippen LogP contribution is -2.64. The largest absolute Gasteiger partial charge is 0.394 e. The fourth-order valence-corrected chi connectivity index (χ4v) is 2.75. The van der Waals surface area contributed by atoms with Gasteiger partial charge in [0.05, 0.1) is 13.2 Å². The quantitative estimate of drug-likeness (QED) is 0.251. The van der Waals surface area contributed by atoms with Gasteiger partial charge in [0.1, 0.15) is 48.8 Å². The van der Waals surface area contributed by atoms with Crippen LogP contribution in [0.15, 0.2) is 0 Å². The first-order valence-electron chi connectivity index (χ1n) is 7.46. The molecule has 2 aliphatic heterocycles. The lowest BCUT2D eigenvalue weighted by atomic mass is 9.97. The third-order valence-electron chi connectivity index (χ3n) is 4.19. The van der Waals surface area contributed by atoms with Crippen molar-refractivity contribution >= 4 is 0 Å². The standard InChI is InChI=1S/C13H24O11/c1-21-12-10(20)8(18)11(5(3-15)23-12)24-13-9(19)7(17)6(16)4(2-14)22-13/h4-20H,2-3H2,1H3/t4-,5-,6+,7+,8-,9+,10-,11-,12-,13+/m1/s1. The van der Waals surface area contributed by atoms with Crippen molar-refractivity contribution in [3.63, 3.8) is 0 Å². The normalized spacial score (nSPS) is 50.0. The molecule has 0 radical (unpaired) electrons. The van der Waals surface area contributed by atoms with Crippen LogP contribution in [0.4, 0.5) is 0 Å². The van der Waals surface area contributed by atoms with E-state index in [2.05, 4.69) is 0 Å². The molecular weight excluding hydrogens is 332 g/mol. The van der Waals surface area contributed by atoms with Crippen LogP contribution >= 0.6 is 0 Å². The predicted molar refractivity (Wildman–Crippen MR) is 73.4 cm³/mol. The Kier molecular flexibility index (Phi) is 6.87. The molecule has 2 saturated heterocycles. The molecule has 0 aliphatic carbocycles. The van der Waals surface area contributed by atoms with Crippen LogP contribution in [0.5, 0.6) is 0 Å². The van der Waals surface area contributed by atoms with Gasteiger partial charge in [-0.3, -0.25) is 0 Å². The molecule has 0 aromatic rings. The van der Waals surface area contributed by atoms with Gasteiger partial charge < -0.3 is 54.7 Å². The molecule has 0 unspecified atom stereocenters. The van der Waals surface area contributed by atoms with Gasteiger partial charge in [0, 0.05) is 7.11 Å². The summed E-state index contributed by atoms with van der Waals surface area (Å²) in [5.74, 6) is 0. The van der Waals surface area contributed by atoms with E-state index in [0.29, 0.717) is 0 Å². The van der Waals surface area contributed by atoms with Gasteiger partial charge in [-0.2, -0.15) is 0 Å². The number of aliphatic hydroxyl groups is 7. The van der Waals surface area contributed by atoms with Crippen LogP contribution in [0, 0.1) is 0 Å². The molecule has 0 aromatic carbocycles. The van der Waals surface area contributed by atoms with Gasteiger partial charge in [-0.1, -0.05) is 0 Å². The van der Waals surface area contributed by atoms with Gasteiger partial charge in [-0.25, -0.2) is 0 Å². The molecule has 2 rings (SSSR count). The minimum atomic E-state index is -1.69. The second-order valence-corrected chi connectivity index (χ2v) is 5.74. The SMILES string of the molecule is CO[C@@H]1O[C@H](CO)[C@@H](O[C@@H]2O[C@H](CO)[C@H](O)[C@H](O)[C@@H]2O)[C@H](O)[C@H]1O. The molecule has 0 amide bonds. The first kappa shape index (κ1) is 19.9. The van der Waals surface area contributed by atoms with Crippen LogP contribution in [0.25, 0.3) is 0 Å². The Morgan fingerprint density at radius 2 is 1.25 bits per heavy atom. The highest BCUT2D eigenvalue weighted by molar-refractivity contribution is 4.93. The second-order valence-electron chi connectivity index (χ2n) is 5.74. The summed E-state index contributed by atoms with van der Waals surface area (Å²) in [7, 11) is 1.24. The third-order valence-corrected chi connectivity index (χ3v) is 4.19. The van der Waals surface area contributed by atoms with Gasteiger partial charge >= 0.3 is 0 Å². The van der Waals surface area contributed by atoms with Crippen molar-refractivity contribution in [2.24, 2.45) is 0 Å². The van der Waals surface area contributed by atoms with Crippen molar-refractivity contribution in [1.29, 1.82) is 0 Å². The van der Waals surface area contributed by atoms with E-state index in [1.807, 2.05) is 0 Å². The van der Waals surface area contributed by atoms with Crippen molar-refractivity contribution in [2.75, 3.05) is 20.3 Å². The van der Waals surface area contributed by atoms with Crippen LogP contribution in [-0.2, 0) is 18.9 Å². The molecule has 2 aliphatic rings. The van der Waals surface area contributed by atoms with E-state index in [9.17, 15) is 30.6 Å². The Balaban J connectivity index is 2.12. The van der Waals surface area contributed by atoms with Crippen molar-refractivity contribution < 1.29 is 54.7 Å². The summed E-state index contributed by atoms with van der Waals surface area (Å²) in [5.41, 5.74) is 0. The van der Waals surface area contributed by atoms with Gasteiger partial charge in [0.2, 0.25) is 0 Å². The summed E-state index contributed by atoms with van der Waals surface area (Å²) in [6, 6.07) is 0. The molecule has 10 atom stereocenters. The minimum absolute atomic E-state index is 0.592. The van der Waals surface area contributed by atoms with E-state index < -0.39 is 74.6 Å². The number of ether oxygens (including phenoxy) is 4. The highest BCUT2D eigenvalue weighted by atomic mass is 16.7. The smallest absolute Gasteiger partial charge is 0.187 e. The fourth-order valence-electron chi connectivity index (χ4n) is 2.75. The zero-order valence-electron chi connectivity index (χ0n) is 13.0. The maximum Gasteiger partial charge on any atom is 0.187 e. The average molecular weight is 356 g/mol. The second kappa shape index (κ2) is 8.29. The van der Waals surface area contributed by atoms with E-state index in [0.717, 1.165) is 0 Å². The lowest BCUT2D eigenvalue weighted by molar-refractivity contribution is -0.357. The molecule has 11 nitrogen and oxygen atoms in total. The van der Waals surface area contributed by atoms with Crippen LogP contribution in [0.3, 0.4) is 0 Å². The van der Waals surface area contributed by atoms with Crippen molar-refractivity contribution in [3.05, 3.63) is 0 Å². The van der Waals surface area contributed by atoms with E-state index in [-0.39, 0.29) is 0 Å². The Labute approximate surface area is 137 Å². The van der Waals surface area contributed by atoms with Gasteiger partial charge in [0.25, 0.3) is 0 Å². The maximum atomic E-state index is 10.2. The summed E-state index contributed by atoms with van der Waals surface area (Å²) in [5, 5.41) is 68.0. The van der Waals surface area contributed by atoms with Gasteiger partial charge in [-0.05, 0) is 0 Å². The summed E-state index contributed by atoms with van der Waals surface area (Å²) >= 11 is 0. The Hall–Kier alpha value is -0.440. The summed E-state index contributed by atoms with van der Waals surface area (Å²) in [4.78, 5) is 0. The number of rotatable bonds is 5. The molecule has 2 fully saturated rings. The van der Waals surface area contributed by atoms with E-state index in [1.54, 1.807) is 0 Å². The fraction of sp³-hybridized carbons (Fsp3) is 1.00. The summed E-state index contributed by atoms with van der Waals surface area (Å²) in [6.07, 6.45) is -14.3. The molecule has 7 N–H and O–H groups in total. The number of methoxy groups -OCH3 is 1. The molecular formula is C13H24O11. The molecule has 0 bridgehead atoms. The first-order chi connectivity index (χ1) is 11.3. The molecule has 0 spiro atoms. The Morgan fingerprint density at radius 1 is 0.708 bits per heavy atom. The number of aliphatic hydroxyl groups excluding tert-OH is 7. The van der Waals surface area contributed by atoms with Crippen LogP contribution in [-0.4, -0.2) is 117 Å². The first-order valence-corrected chi connectivity index (χ1v) is 7.46. The van der Waals surface area contributed by atoms with Crippen LogP contribution in [0.1, 0.15) is 0 Å². The van der Waals surface area contributed by atoms with E-state index >= 15 is 0 Å². The molecule has 142 valence electrons. The van der Waals surface area contributed by atoms with Crippen molar-refractivity contribution in [2.45, 2.75) is 61.4 Å². The average Bonchev–Trinajstić information content (AvgIpc) is 2.59. The van der Waals surface area contributed by atoms with Crippen LogP contribution < -0.4 is 0 Å². The molecule has 24 heavy (non-hydrogen) atoms. The van der Waals surface area contributed by atoms with Gasteiger partial charge in [-0.15, -0.1) is 0 Å². The highest BCUT2D eigenvalue weighted by Gasteiger charge is 2.50. The van der Waals surface area contributed by atoms with Crippen molar-refractivity contribution in [1.82, 2.24) is 0 Å². The summed E-state index contributed by atoms with van der Waals surface area (Å²) < 4.78 is 20.6. The number of hydrogen-bond donors (Lipinski definition) is 7. The Bertz CT molecular complexity index is 392. The molecule has 11 heteroatoms. The Morgan fingerprint density at radius 3 is 1.79 bits per heavy atom. The van der Waals surface area contributed by atoms with Crippen molar-refractivity contribution in [3.8, 4) is 0 Å². The summed E-state index contributed by atoms with van der Waals surface area (Å²) in [6.45, 7) is -1.24. The lowest BCUT2D eigenvalue weighted by Gasteiger charge is -2.45. The zero-order chi connectivity index (χ0) is 18.0. The maximum absolute atomic E-state index is 10.2. The third kappa shape index (κ3) is 3.71. The minimum Gasteiger partial charge on any atom is -0.394 e. The molecule has 0 aromatic heterocycles. The van der Waals surface area contributed by atoms with E-state index in [1.165, 1.54) is 7.11 Å². The van der Waals surface area contributed by atoms with Gasteiger partial charge in [0.15, 0.2) is 12.6 Å². The number of hydrogen-bond acceptors (Lipinski definition) is 11. The molecule has 2 heterocycles. The monoisotopic (exact) mass is 356 g/mol. The van der Waals surface area contributed by atoms with Crippen LogP contribution in [0.2, 0.25) is 0 Å². The zero-order valence-corrected chi connectivity index (χ0v) is 13.0.